The zero-order valence-electron chi connectivity index (χ0n) is 15.9. The predicted octanol–water partition coefficient (Wildman–Crippen LogP) is 1.64. The van der Waals surface area contributed by atoms with E-state index in [1.165, 1.54) is 6.07 Å². The number of nitrogens with two attached hydrogens (primary N) is 2. The number of unbranched alkanes of at least 4 members (excludes halogenated alkanes) is 1. The summed E-state index contributed by atoms with van der Waals surface area (Å²) in [7, 11) is -4.10. The van der Waals surface area contributed by atoms with Crippen LogP contribution in [0.5, 0.6) is 0 Å². The van der Waals surface area contributed by atoms with Gasteiger partial charge < -0.3 is 20.5 Å². The summed E-state index contributed by atoms with van der Waals surface area (Å²) >= 11 is 5.99. The molecule has 0 spiro atoms. The van der Waals surface area contributed by atoms with Gasteiger partial charge in [0.15, 0.2) is 0 Å². The molecule has 11 heteroatoms. The van der Waals surface area contributed by atoms with Crippen LogP contribution in [0.4, 0.5) is 5.69 Å². The lowest BCUT2D eigenvalue weighted by atomic mass is 10.1. The zero-order chi connectivity index (χ0) is 21.3. The van der Waals surface area contributed by atoms with Gasteiger partial charge in [0, 0.05) is 6.54 Å². The number of nitrogens with one attached hydrogen (secondary N) is 1. The van der Waals surface area contributed by atoms with E-state index in [9.17, 15) is 18.0 Å². The molecule has 28 heavy (non-hydrogen) atoms. The summed E-state index contributed by atoms with van der Waals surface area (Å²) in [6.45, 7) is 4.18. The second-order valence-electron chi connectivity index (χ2n) is 5.87. The fourth-order valence-electron chi connectivity index (χ4n) is 2.37. The van der Waals surface area contributed by atoms with E-state index in [1.807, 2.05) is 0 Å². The number of rotatable bonds is 11. The Morgan fingerprint density at radius 3 is 2.39 bits per heavy atom. The maximum Gasteiger partial charge on any atom is 0.340 e. The van der Waals surface area contributed by atoms with Gasteiger partial charge in [0.25, 0.3) is 0 Å². The van der Waals surface area contributed by atoms with Crippen LogP contribution in [0, 0.1) is 0 Å². The molecule has 0 unspecified atom stereocenters. The van der Waals surface area contributed by atoms with E-state index in [0.717, 1.165) is 6.07 Å². The molecule has 9 nitrogen and oxygen atoms in total. The van der Waals surface area contributed by atoms with Crippen molar-refractivity contribution in [2.24, 2.45) is 10.9 Å². The van der Waals surface area contributed by atoms with Gasteiger partial charge in [0.05, 0.1) is 29.5 Å². The second kappa shape index (κ2) is 11.2. The van der Waals surface area contributed by atoms with Crippen LogP contribution in [-0.4, -0.2) is 46.2 Å². The summed E-state index contributed by atoms with van der Waals surface area (Å²) in [6, 6.07) is 1.73. The van der Waals surface area contributed by atoms with E-state index < -0.39 is 28.0 Å². The molecule has 1 aromatic carbocycles. The third kappa shape index (κ3) is 7.27. The van der Waals surface area contributed by atoms with Gasteiger partial charge in [-0.05, 0) is 45.2 Å². The molecule has 1 aromatic rings. The van der Waals surface area contributed by atoms with Crippen molar-refractivity contribution in [3.05, 3.63) is 22.7 Å². The first-order valence-corrected chi connectivity index (χ1v) is 10.7. The van der Waals surface area contributed by atoms with Crippen LogP contribution in [0.15, 0.2) is 17.0 Å². The maximum absolute atomic E-state index is 12.2. The Hall–Kier alpha value is -1.88. The molecule has 158 valence electrons. The highest BCUT2D eigenvalue weighted by Crippen LogP contribution is 2.29. The molecule has 0 saturated carbocycles. The lowest BCUT2D eigenvalue weighted by molar-refractivity contribution is -0.144. The Labute approximate surface area is 169 Å². The number of carbonyl (C=O) groups excluding carboxylic acids is 2. The summed E-state index contributed by atoms with van der Waals surface area (Å²) in [5, 5.41) is 8.04. The van der Waals surface area contributed by atoms with Crippen molar-refractivity contribution in [1.82, 2.24) is 0 Å². The van der Waals surface area contributed by atoms with Crippen LogP contribution < -0.4 is 16.2 Å². The Balaban J connectivity index is 2.80. The second-order valence-corrected chi connectivity index (χ2v) is 7.81. The molecular weight excluding hydrogens is 410 g/mol. The van der Waals surface area contributed by atoms with Crippen molar-refractivity contribution in [3.63, 3.8) is 0 Å². The number of benzene rings is 1. The smallest absolute Gasteiger partial charge is 0.340 e. The average molecular weight is 436 g/mol. The predicted molar refractivity (Wildman–Crippen MR) is 106 cm³/mol. The van der Waals surface area contributed by atoms with Gasteiger partial charge in [-0.3, -0.25) is 4.79 Å². The Kier molecular flexibility index (Phi) is 9.66. The number of carbonyl (C=O) groups is 2. The maximum atomic E-state index is 12.2. The highest BCUT2D eigenvalue weighted by molar-refractivity contribution is 7.89. The molecule has 0 heterocycles. The Morgan fingerprint density at radius 1 is 1.18 bits per heavy atom. The molecule has 0 fully saturated rings. The van der Waals surface area contributed by atoms with Crippen LogP contribution in [0.25, 0.3) is 0 Å². The van der Waals surface area contributed by atoms with E-state index >= 15 is 0 Å². The Morgan fingerprint density at radius 2 is 1.82 bits per heavy atom. The van der Waals surface area contributed by atoms with Crippen molar-refractivity contribution >= 4 is 39.3 Å². The minimum absolute atomic E-state index is 0.0125. The van der Waals surface area contributed by atoms with Gasteiger partial charge in [-0.25, -0.2) is 18.4 Å². The minimum atomic E-state index is -4.10. The van der Waals surface area contributed by atoms with Crippen LogP contribution in [0.2, 0.25) is 5.02 Å². The SMILES string of the molecule is CCOC(=O)c1cc(S(N)(=O)=O)c(Cl)cc1NCCCC[C@H](N)C(=O)OCC. The molecule has 1 atom stereocenters. The molecule has 5 N–H and O–H groups in total. The standard InChI is InChI=1S/C17H26ClN3O6S/c1-3-26-16(22)11-9-15(28(20,24)25)12(18)10-14(11)21-8-6-5-7-13(19)17(23)27-4-2/h9-10,13,21H,3-8,19H2,1-2H3,(H2,20,24,25)/t13-/m0/s1. The van der Waals surface area contributed by atoms with E-state index in [-0.39, 0.29) is 28.7 Å². The third-order valence-electron chi connectivity index (χ3n) is 3.72. The van der Waals surface area contributed by atoms with Crippen molar-refractivity contribution < 1.29 is 27.5 Å². The first kappa shape index (κ1) is 24.2. The third-order valence-corrected chi connectivity index (χ3v) is 5.10. The quantitative estimate of drug-likeness (QED) is 0.350. The first-order chi connectivity index (χ1) is 13.1. The number of anilines is 1. The molecule has 1 rings (SSSR count). The fraction of sp³-hybridized carbons (Fsp3) is 0.529. The normalized spacial score (nSPS) is 12.3. The lowest BCUT2D eigenvalue weighted by Gasteiger charge is -2.14. The highest BCUT2D eigenvalue weighted by Gasteiger charge is 2.21. The van der Waals surface area contributed by atoms with E-state index in [2.05, 4.69) is 5.32 Å². The van der Waals surface area contributed by atoms with Gasteiger partial charge >= 0.3 is 11.9 Å². The van der Waals surface area contributed by atoms with Gasteiger partial charge in [-0.15, -0.1) is 0 Å². The van der Waals surface area contributed by atoms with Gasteiger partial charge in [0.2, 0.25) is 10.0 Å². The van der Waals surface area contributed by atoms with Crippen molar-refractivity contribution in [2.45, 2.75) is 44.0 Å². The van der Waals surface area contributed by atoms with Crippen LogP contribution in [0.3, 0.4) is 0 Å². The van der Waals surface area contributed by atoms with Crippen LogP contribution in [-0.2, 0) is 24.3 Å². The molecule has 0 bridgehead atoms. The Bertz CT molecular complexity index is 800. The number of ether oxygens (including phenoxy) is 2. The fourth-order valence-corrected chi connectivity index (χ4v) is 3.47. The number of halogens is 1. The van der Waals surface area contributed by atoms with Gasteiger partial charge in [0.1, 0.15) is 10.9 Å². The summed E-state index contributed by atoms with van der Waals surface area (Å²) < 4.78 is 33.1. The summed E-state index contributed by atoms with van der Waals surface area (Å²) in [4.78, 5) is 23.3. The largest absolute Gasteiger partial charge is 0.465 e. The van der Waals surface area contributed by atoms with E-state index in [4.69, 9.17) is 31.9 Å². The van der Waals surface area contributed by atoms with Crippen molar-refractivity contribution in [1.29, 1.82) is 0 Å². The molecular formula is C17H26ClN3O6S. The van der Waals surface area contributed by atoms with Crippen molar-refractivity contribution in [2.75, 3.05) is 25.1 Å². The van der Waals surface area contributed by atoms with Gasteiger partial charge in [-0.1, -0.05) is 11.6 Å². The lowest BCUT2D eigenvalue weighted by Crippen LogP contribution is -2.32. The summed E-state index contributed by atoms with van der Waals surface area (Å²) in [5.41, 5.74) is 6.07. The average Bonchev–Trinajstić information content (AvgIpc) is 2.60. The molecule has 0 radical (unpaired) electrons. The molecule has 0 aliphatic carbocycles. The summed E-state index contributed by atoms with van der Waals surface area (Å²) in [6.07, 6.45) is 1.74. The number of sulfonamides is 1. The van der Waals surface area contributed by atoms with Crippen LogP contribution >= 0.6 is 11.6 Å². The first-order valence-electron chi connectivity index (χ1n) is 8.81. The van der Waals surface area contributed by atoms with Crippen LogP contribution in [0.1, 0.15) is 43.5 Å². The minimum Gasteiger partial charge on any atom is -0.465 e. The number of esters is 2. The zero-order valence-corrected chi connectivity index (χ0v) is 17.4. The van der Waals surface area contributed by atoms with E-state index in [1.54, 1.807) is 13.8 Å². The van der Waals surface area contributed by atoms with E-state index in [0.29, 0.717) is 31.5 Å². The van der Waals surface area contributed by atoms with Crippen molar-refractivity contribution in [3.8, 4) is 0 Å². The number of hydrogen-bond acceptors (Lipinski definition) is 8. The molecule has 0 amide bonds. The topological polar surface area (TPSA) is 151 Å². The molecule has 0 aliphatic rings. The number of primary sulfonamides is 1. The monoisotopic (exact) mass is 435 g/mol. The highest BCUT2D eigenvalue weighted by atomic mass is 35.5. The number of hydrogen-bond donors (Lipinski definition) is 3. The molecule has 0 saturated heterocycles. The summed E-state index contributed by atoms with van der Waals surface area (Å²) in [5.74, 6) is -1.14. The van der Waals surface area contributed by atoms with Gasteiger partial charge in [-0.2, -0.15) is 0 Å². The molecule has 0 aliphatic heterocycles. The molecule has 0 aromatic heterocycles.